The molecule has 4 rings (SSSR count). The van der Waals surface area contributed by atoms with E-state index in [2.05, 4.69) is 51.0 Å². The first kappa shape index (κ1) is 20.3. The molecule has 1 saturated heterocycles. The molecular formula is C22H29N7O. The van der Waals surface area contributed by atoms with E-state index in [1.165, 1.54) is 0 Å². The third kappa shape index (κ3) is 4.28. The highest BCUT2D eigenvalue weighted by molar-refractivity contribution is 5.96. The van der Waals surface area contributed by atoms with Gasteiger partial charge in [-0.1, -0.05) is 13.0 Å². The number of carbonyl (C=O) groups excluding carboxylic acids is 1. The first-order chi connectivity index (χ1) is 14.5. The average molecular weight is 408 g/mol. The zero-order valence-electron chi connectivity index (χ0n) is 17.9. The Kier molecular flexibility index (Phi) is 5.94. The molecule has 8 heteroatoms. The third-order valence-electron chi connectivity index (χ3n) is 5.59. The Bertz CT molecular complexity index is 1000. The van der Waals surface area contributed by atoms with E-state index in [9.17, 15) is 4.79 Å². The molecule has 1 N–H and O–H groups in total. The predicted octanol–water partition coefficient (Wildman–Crippen LogP) is 2.48. The van der Waals surface area contributed by atoms with Crippen molar-refractivity contribution in [2.24, 2.45) is 0 Å². The fourth-order valence-corrected chi connectivity index (χ4v) is 3.73. The number of likely N-dealkylation sites (N-methyl/N-ethyl adjacent to an activating group) is 1. The summed E-state index contributed by atoms with van der Waals surface area (Å²) in [6.07, 6.45) is 5.20. The van der Waals surface area contributed by atoms with Crippen LogP contribution in [0.4, 0.5) is 5.82 Å². The Labute approximate surface area is 176 Å². The molecule has 1 amide bonds. The third-order valence-corrected chi connectivity index (χ3v) is 5.59. The summed E-state index contributed by atoms with van der Waals surface area (Å²) >= 11 is 0. The lowest BCUT2D eigenvalue weighted by Gasteiger charge is -2.34. The van der Waals surface area contributed by atoms with E-state index < -0.39 is 0 Å². The van der Waals surface area contributed by atoms with Gasteiger partial charge in [-0.05, 0) is 38.1 Å². The van der Waals surface area contributed by atoms with Gasteiger partial charge in [0.1, 0.15) is 5.82 Å². The van der Waals surface area contributed by atoms with Crippen LogP contribution < -0.4 is 10.2 Å². The number of hydrogen-bond acceptors (Lipinski definition) is 6. The largest absolute Gasteiger partial charge is 0.354 e. The summed E-state index contributed by atoms with van der Waals surface area (Å²) < 4.78 is 1.85. The monoisotopic (exact) mass is 407 g/mol. The van der Waals surface area contributed by atoms with Crippen LogP contribution in [0, 0.1) is 0 Å². The van der Waals surface area contributed by atoms with Crippen LogP contribution in [-0.4, -0.2) is 63.3 Å². The Morgan fingerprint density at radius 1 is 1.10 bits per heavy atom. The number of anilines is 1. The maximum atomic E-state index is 12.6. The van der Waals surface area contributed by atoms with Crippen molar-refractivity contribution in [3.63, 3.8) is 0 Å². The van der Waals surface area contributed by atoms with Gasteiger partial charge in [0.05, 0.1) is 11.8 Å². The molecule has 4 heterocycles. The van der Waals surface area contributed by atoms with Crippen LogP contribution >= 0.6 is 0 Å². The Balaban J connectivity index is 1.35. The van der Waals surface area contributed by atoms with Gasteiger partial charge < -0.3 is 15.1 Å². The number of hydrogen-bond donors (Lipinski definition) is 1. The van der Waals surface area contributed by atoms with Gasteiger partial charge in [0.2, 0.25) is 0 Å². The molecule has 0 aliphatic carbocycles. The molecule has 0 atom stereocenters. The topological polar surface area (TPSA) is 79.2 Å². The van der Waals surface area contributed by atoms with E-state index in [0.717, 1.165) is 55.1 Å². The van der Waals surface area contributed by atoms with Crippen LogP contribution in [0.5, 0.6) is 0 Å². The van der Waals surface area contributed by atoms with Crippen LogP contribution in [0.1, 0.15) is 42.7 Å². The standard InChI is InChI=1S/C22H29N7O/c1-4-27-7-9-28(10-8-27)20-6-5-17(12-23-20)13-25-22(30)19-11-18-15-26-29(16(2)3)21(18)24-14-19/h5-6,11-12,14-16H,4,7-10,13H2,1-3H3,(H,25,30). The fraction of sp³-hybridized carbons (Fsp3) is 0.455. The molecule has 0 saturated carbocycles. The number of piperazine rings is 1. The molecule has 1 aliphatic rings. The number of pyridine rings is 2. The maximum Gasteiger partial charge on any atom is 0.253 e. The summed E-state index contributed by atoms with van der Waals surface area (Å²) in [6, 6.07) is 6.13. The highest BCUT2D eigenvalue weighted by atomic mass is 16.1. The van der Waals surface area contributed by atoms with Crippen LogP contribution in [0.3, 0.4) is 0 Å². The molecule has 8 nitrogen and oxygen atoms in total. The minimum Gasteiger partial charge on any atom is -0.354 e. The molecule has 1 aliphatic heterocycles. The number of fused-ring (bicyclic) bond motifs is 1. The number of nitrogens with one attached hydrogen (secondary N) is 1. The van der Waals surface area contributed by atoms with Gasteiger partial charge in [-0.3, -0.25) is 4.79 Å². The van der Waals surface area contributed by atoms with Crippen LogP contribution in [-0.2, 0) is 6.54 Å². The van der Waals surface area contributed by atoms with E-state index in [1.807, 2.05) is 29.1 Å². The fourth-order valence-electron chi connectivity index (χ4n) is 3.73. The predicted molar refractivity (Wildman–Crippen MR) is 118 cm³/mol. The second-order valence-corrected chi connectivity index (χ2v) is 7.95. The quantitative estimate of drug-likeness (QED) is 0.676. The van der Waals surface area contributed by atoms with Gasteiger partial charge >= 0.3 is 0 Å². The number of amides is 1. The SMILES string of the molecule is CCN1CCN(c2ccc(CNC(=O)c3cnc4c(cnn4C(C)C)c3)cn2)CC1. The molecule has 158 valence electrons. The van der Waals surface area contributed by atoms with Gasteiger partial charge in [-0.25, -0.2) is 14.6 Å². The molecule has 0 radical (unpaired) electrons. The Hall–Kier alpha value is -3.00. The molecule has 30 heavy (non-hydrogen) atoms. The first-order valence-corrected chi connectivity index (χ1v) is 10.6. The summed E-state index contributed by atoms with van der Waals surface area (Å²) in [5.74, 6) is 0.846. The van der Waals surface area contributed by atoms with E-state index in [-0.39, 0.29) is 11.9 Å². The number of rotatable bonds is 6. The minimum absolute atomic E-state index is 0.151. The molecule has 3 aromatic rings. The maximum absolute atomic E-state index is 12.6. The van der Waals surface area contributed by atoms with Gasteiger partial charge in [0, 0.05) is 56.5 Å². The van der Waals surface area contributed by atoms with Crippen molar-refractivity contribution in [3.05, 3.63) is 47.9 Å². The van der Waals surface area contributed by atoms with E-state index >= 15 is 0 Å². The minimum atomic E-state index is -0.151. The van der Waals surface area contributed by atoms with Gasteiger partial charge in [0.15, 0.2) is 5.65 Å². The Morgan fingerprint density at radius 2 is 1.90 bits per heavy atom. The summed E-state index contributed by atoms with van der Waals surface area (Å²) in [5, 5.41) is 8.17. The molecule has 0 unspecified atom stereocenters. The van der Waals surface area contributed by atoms with Crippen molar-refractivity contribution in [2.75, 3.05) is 37.6 Å². The normalized spacial score (nSPS) is 15.1. The lowest BCUT2D eigenvalue weighted by atomic mass is 10.2. The number of aromatic nitrogens is 4. The molecule has 0 spiro atoms. The molecule has 3 aromatic heterocycles. The van der Waals surface area contributed by atoms with Gasteiger partial charge in [-0.15, -0.1) is 0 Å². The second-order valence-electron chi connectivity index (χ2n) is 7.95. The molecular weight excluding hydrogens is 378 g/mol. The average Bonchev–Trinajstić information content (AvgIpc) is 3.21. The highest BCUT2D eigenvalue weighted by Gasteiger charge is 2.17. The second kappa shape index (κ2) is 8.79. The zero-order valence-corrected chi connectivity index (χ0v) is 17.9. The van der Waals surface area contributed by atoms with Crippen molar-refractivity contribution in [3.8, 4) is 0 Å². The zero-order chi connectivity index (χ0) is 21.1. The van der Waals surface area contributed by atoms with Crippen molar-refractivity contribution in [1.29, 1.82) is 0 Å². The van der Waals surface area contributed by atoms with Crippen LogP contribution in [0.15, 0.2) is 36.8 Å². The van der Waals surface area contributed by atoms with Crippen LogP contribution in [0.25, 0.3) is 11.0 Å². The summed E-state index contributed by atoms with van der Waals surface area (Å²) in [5.41, 5.74) is 2.30. The summed E-state index contributed by atoms with van der Waals surface area (Å²) in [7, 11) is 0. The Morgan fingerprint density at radius 3 is 2.57 bits per heavy atom. The number of nitrogens with zero attached hydrogens (tertiary/aromatic N) is 6. The van der Waals surface area contributed by atoms with Gasteiger partial charge in [-0.2, -0.15) is 5.10 Å². The van der Waals surface area contributed by atoms with E-state index in [1.54, 1.807) is 12.4 Å². The van der Waals surface area contributed by atoms with E-state index in [0.29, 0.717) is 12.1 Å². The van der Waals surface area contributed by atoms with Crippen molar-refractivity contribution in [2.45, 2.75) is 33.4 Å². The van der Waals surface area contributed by atoms with Crippen molar-refractivity contribution < 1.29 is 4.79 Å². The first-order valence-electron chi connectivity index (χ1n) is 10.6. The van der Waals surface area contributed by atoms with Crippen LogP contribution in [0.2, 0.25) is 0 Å². The van der Waals surface area contributed by atoms with E-state index in [4.69, 9.17) is 0 Å². The smallest absolute Gasteiger partial charge is 0.253 e. The summed E-state index contributed by atoms with van der Waals surface area (Å²) in [6.45, 7) is 12.0. The molecule has 1 fully saturated rings. The van der Waals surface area contributed by atoms with Crippen molar-refractivity contribution >= 4 is 22.8 Å². The van der Waals surface area contributed by atoms with Crippen molar-refractivity contribution in [1.82, 2.24) is 30.0 Å². The lowest BCUT2D eigenvalue weighted by Crippen LogP contribution is -2.46. The molecule has 0 aromatic carbocycles. The lowest BCUT2D eigenvalue weighted by molar-refractivity contribution is 0.0950. The summed E-state index contributed by atoms with van der Waals surface area (Å²) in [4.78, 5) is 26.3. The molecule has 0 bridgehead atoms. The number of carbonyl (C=O) groups is 1. The van der Waals surface area contributed by atoms with Gasteiger partial charge in [0.25, 0.3) is 5.91 Å². The highest BCUT2D eigenvalue weighted by Crippen LogP contribution is 2.17.